The van der Waals surface area contributed by atoms with Crippen LogP contribution in [0.5, 0.6) is 0 Å². The van der Waals surface area contributed by atoms with Gasteiger partial charge in [-0.1, -0.05) is 25.1 Å². The molecule has 188 valence electrons. The van der Waals surface area contributed by atoms with Gasteiger partial charge in [0.25, 0.3) is 11.8 Å². The molecule has 4 N–H and O–H groups in total. The van der Waals surface area contributed by atoms with Gasteiger partial charge in [-0.15, -0.1) is 0 Å². The van der Waals surface area contributed by atoms with Gasteiger partial charge in [0.1, 0.15) is 0 Å². The first-order chi connectivity index (χ1) is 17.2. The van der Waals surface area contributed by atoms with E-state index in [0.717, 1.165) is 18.6 Å². The number of alkyl halides is 3. The molecule has 0 aliphatic heterocycles. The zero-order valence-electron chi connectivity index (χ0n) is 19.4. The lowest BCUT2D eigenvalue weighted by molar-refractivity contribution is -0.137. The summed E-state index contributed by atoms with van der Waals surface area (Å²) in [5.74, 6) is -1.22. The Labute approximate surface area is 206 Å². The standard InChI is InChI=1S/C26H25F3N4O3/c1-2-12-30-24(35)17-6-3-9-20(13-17)31-16-23(34)32-21-10-4-7-18(14-21)25(36)33-22-11-5-8-19(15-22)26(27,28)29/h3-11,13-15,31H,2,12,16H2,1H3,(H,30,35)(H,32,34)(H,33,36). The largest absolute Gasteiger partial charge is 0.416 e. The molecule has 0 spiro atoms. The highest BCUT2D eigenvalue weighted by Gasteiger charge is 2.30. The Morgan fingerprint density at radius 3 is 2.00 bits per heavy atom. The van der Waals surface area contributed by atoms with Gasteiger partial charge < -0.3 is 21.3 Å². The molecule has 0 radical (unpaired) electrons. The van der Waals surface area contributed by atoms with Crippen molar-refractivity contribution < 1.29 is 27.6 Å². The summed E-state index contributed by atoms with van der Waals surface area (Å²) in [5.41, 5.74) is 0.673. The van der Waals surface area contributed by atoms with Crippen LogP contribution in [0.25, 0.3) is 0 Å². The van der Waals surface area contributed by atoms with Gasteiger partial charge in [-0.3, -0.25) is 14.4 Å². The van der Waals surface area contributed by atoms with Crippen molar-refractivity contribution in [1.29, 1.82) is 0 Å². The number of anilines is 3. The second-order valence-corrected chi connectivity index (χ2v) is 7.85. The molecule has 0 atom stereocenters. The molecule has 0 saturated heterocycles. The van der Waals surface area contributed by atoms with Gasteiger partial charge >= 0.3 is 6.18 Å². The molecule has 3 amide bonds. The van der Waals surface area contributed by atoms with Crippen molar-refractivity contribution in [2.75, 3.05) is 29.0 Å². The second-order valence-electron chi connectivity index (χ2n) is 7.85. The normalized spacial score (nSPS) is 10.9. The number of rotatable bonds is 9. The molecule has 3 aromatic carbocycles. The van der Waals surface area contributed by atoms with Gasteiger partial charge in [-0.05, 0) is 61.0 Å². The molecule has 0 aromatic heterocycles. The topological polar surface area (TPSA) is 99.3 Å². The van der Waals surface area contributed by atoms with Crippen LogP contribution in [0.15, 0.2) is 72.8 Å². The number of hydrogen-bond acceptors (Lipinski definition) is 4. The van der Waals surface area contributed by atoms with E-state index in [2.05, 4.69) is 21.3 Å². The van der Waals surface area contributed by atoms with Crippen molar-refractivity contribution in [2.45, 2.75) is 19.5 Å². The molecule has 0 aliphatic carbocycles. The predicted molar refractivity (Wildman–Crippen MR) is 132 cm³/mol. The fraction of sp³-hybridized carbons (Fsp3) is 0.192. The van der Waals surface area contributed by atoms with Crippen molar-refractivity contribution in [2.24, 2.45) is 0 Å². The van der Waals surface area contributed by atoms with Crippen LogP contribution < -0.4 is 21.3 Å². The maximum absolute atomic E-state index is 12.9. The Bertz CT molecular complexity index is 1240. The van der Waals surface area contributed by atoms with E-state index in [1.807, 2.05) is 6.92 Å². The summed E-state index contributed by atoms with van der Waals surface area (Å²) in [5, 5.41) is 10.8. The Hall–Kier alpha value is -4.34. The number of amides is 3. The van der Waals surface area contributed by atoms with Gasteiger partial charge in [0, 0.05) is 34.7 Å². The van der Waals surface area contributed by atoms with Crippen molar-refractivity contribution in [3.63, 3.8) is 0 Å². The van der Waals surface area contributed by atoms with Crippen LogP contribution in [-0.4, -0.2) is 30.8 Å². The average molecular weight is 499 g/mol. The van der Waals surface area contributed by atoms with E-state index >= 15 is 0 Å². The van der Waals surface area contributed by atoms with Crippen LogP contribution in [-0.2, 0) is 11.0 Å². The molecule has 0 saturated carbocycles. The second kappa shape index (κ2) is 11.9. The summed E-state index contributed by atoms with van der Waals surface area (Å²) in [6.45, 7) is 2.42. The Kier molecular flexibility index (Phi) is 8.66. The number of nitrogens with one attached hydrogen (secondary N) is 4. The fourth-order valence-corrected chi connectivity index (χ4v) is 3.21. The molecule has 0 heterocycles. The molecular formula is C26H25F3N4O3. The molecule has 3 rings (SSSR count). The van der Waals surface area contributed by atoms with E-state index in [-0.39, 0.29) is 23.7 Å². The molecule has 36 heavy (non-hydrogen) atoms. The van der Waals surface area contributed by atoms with Crippen LogP contribution in [0.2, 0.25) is 0 Å². The van der Waals surface area contributed by atoms with E-state index < -0.39 is 23.6 Å². The number of carbonyl (C=O) groups excluding carboxylic acids is 3. The zero-order valence-corrected chi connectivity index (χ0v) is 19.4. The van der Waals surface area contributed by atoms with Crippen LogP contribution >= 0.6 is 0 Å². The SMILES string of the molecule is CCCNC(=O)c1cccc(NCC(=O)Nc2cccc(C(=O)Nc3cccc(C(F)(F)F)c3)c2)c1. The van der Waals surface area contributed by atoms with Crippen molar-refractivity contribution in [3.8, 4) is 0 Å². The monoisotopic (exact) mass is 498 g/mol. The highest BCUT2D eigenvalue weighted by atomic mass is 19.4. The van der Waals surface area contributed by atoms with Crippen LogP contribution in [0.1, 0.15) is 39.6 Å². The summed E-state index contributed by atoms with van der Waals surface area (Å²) in [6.07, 6.45) is -3.71. The lowest BCUT2D eigenvalue weighted by atomic mass is 10.1. The van der Waals surface area contributed by atoms with E-state index in [0.29, 0.717) is 23.5 Å². The molecule has 10 heteroatoms. The lowest BCUT2D eigenvalue weighted by Crippen LogP contribution is -2.24. The minimum Gasteiger partial charge on any atom is -0.376 e. The highest BCUT2D eigenvalue weighted by molar-refractivity contribution is 6.05. The number of benzene rings is 3. The molecule has 3 aromatic rings. The minimum atomic E-state index is -4.53. The first kappa shape index (κ1) is 26.3. The third kappa shape index (κ3) is 7.59. The van der Waals surface area contributed by atoms with Gasteiger partial charge in [-0.2, -0.15) is 13.2 Å². The number of carbonyl (C=O) groups is 3. The van der Waals surface area contributed by atoms with Crippen molar-refractivity contribution in [3.05, 3.63) is 89.5 Å². The summed E-state index contributed by atoms with van der Waals surface area (Å²) in [7, 11) is 0. The van der Waals surface area contributed by atoms with E-state index in [4.69, 9.17) is 0 Å². The summed E-state index contributed by atoms with van der Waals surface area (Å²) >= 11 is 0. The summed E-state index contributed by atoms with van der Waals surface area (Å²) in [4.78, 5) is 37.0. The first-order valence-corrected chi connectivity index (χ1v) is 11.2. The van der Waals surface area contributed by atoms with Gasteiger partial charge in [0.2, 0.25) is 5.91 Å². The minimum absolute atomic E-state index is 0.000861. The maximum atomic E-state index is 12.9. The van der Waals surface area contributed by atoms with Crippen LogP contribution in [0.4, 0.5) is 30.2 Å². The quantitative estimate of drug-likeness (QED) is 0.328. The smallest absolute Gasteiger partial charge is 0.376 e. The lowest BCUT2D eigenvalue weighted by Gasteiger charge is -2.11. The molecule has 0 fully saturated rings. The van der Waals surface area contributed by atoms with Gasteiger partial charge in [0.15, 0.2) is 0 Å². The molecule has 7 nitrogen and oxygen atoms in total. The average Bonchev–Trinajstić information content (AvgIpc) is 2.86. The number of halogens is 3. The summed E-state index contributed by atoms with van der Waals surface area (Å²) in [6, 6.07) is 17.1. The van der Waals surface area contributed by atoms with Crippen molar-refractivity contribution in [1.82, 2.24) is 5.32 Å². The highest BCUT2D eigenvalue weighted by Crippen LogP contribution is 2.30. The van der Waals surface area contributed by atoms with Gasteiger partial charge in [-0.25, -0.2) is 0 Å². The van der Waals surface area contributed by atoms with Crippen LogP contribution in [0, 0.1) is 0 Å². The Balaban J connectivity index is 1.58. The predicted octanol–water partition coefficient (Wildman–Crippen LogP) is 5.15. The Morgan fingerprint density at radius 2 is 1.33 bits per heavy atom. The van der Waals surface area contributed by atoms with Crippen LogP contribution in [0.3, 0.4) is 0 Å². The van der Waals surface area contributed by atoms with E-state index in [1.54, 1.807) is 36.4 Å². The number of hydrogen-bond donors (Lipinski definition) is 4. The fourth-order valence-electron chi connectivity index (χ4n) is 3.21. The third-order valence-corrected chi connectivity index (χ3v) is 4.97. The Morgan fingerprint density at radius 1 is 0.750 bits per heavy atom. The third-order valence-electron chi connectivity index (χ3n) is 4.97. The van der Waals surface area contributed by atoms with E-state index in [1.165, 1.54) is 24.3 Å². The van der Waals surface area contributed by atoms with Crippen molar-refractivity contribution >= 4 is 34.8 Å². The van der Waals surface area contributed by atoms with E-state index in [9.17, 15) is 27.6 Å². The molecule has 0 bridgehead atoms. The molecule has 0 unspecified atom stereocenters. The first-order valence-electron chi connectivity index (χ1n) is 11.2. The molecular weight excluding hydrogens is 473 g/mol. The van der Waals surface area contributed by atoms with Gasteiger partial charge in [0.05, 0.1) is 12.1 Å². The summed E-state index contributed by atoms with van der Waals surface area (Å²) < 4.78 is 38.7. The maximum Gasteiger partial charge on any atom is 0.416 e. The zero-order chi connectivity index (χ0) is 26.1. The molecule has 0 aliphatic rings.